The van der Waals surface area contributed by atoms with Crippen LogP contribution in [0, 0.1) is 0 Å². The van der Waals surface area contributed by atoms with E-state index >= 15 is 0 Å². The van der Waals surface area contributed by atoms with Crippen LogP contribution in [-0.2, 0) is 0 Å². The highest BCUT2D eigenvalue weighted by Gasteiger charge is 2.08. The van der Waals surface area contributed by atoms with Gasteiger partial charge >= 0.3 is 0 Å². The van der Waals surface area contributed by atoms with Crippen LogP contribution in [0.4, 0.5) is 10.8 Å². The van der Waals surface area contributed by atoms with Gasteiger partial charge < -0.3 is 10.1 Å². The molecule has 0 spiro atoms. The van der Waals surface area contributed by atoms with Crippen molar-refractivity contribution in [2.24, 2.45) is 5.10 Å². The molecule has 4 aromatic rings. The maximum absolute atomic E-state index is 12.3. The molecule has 3 aromatic carbocycles. The maximum Gasteiger partial charge on any atom is 0.271 e. The highest BCUT2D eigenvalue weighted by atomic mass is 32.1. The number of rotatable bonds is 7. The second-order valence-corrected chi connectivity index (χ2v) is 7.44. The molecule has 0 atom stereocenters. The number of nitrogens with zero attached hydrogens (tertiary/aromatic N) is 2. The Morgan fingerprint density at radius 3 is 2.61 bits per heavy atom. The molecule has 1 aromatic heterocycles. The zero-order valence-corrected chi connectivity index (χ0v) is 17.6. The molecule has 0 radical (unpaired) electrons. The first kappa shape index (κ1) is 20.3. The topological polar surface area (TPSA) is 75.6 Å². The maximum atomic E-state index is 12.3. The molecule has 0 bridgehead atoms. The lowest BCUT2D eigenvalue weighted by molar-refractivity contribution is 0.0955. The van der Waals surface area contributed by atoms with Gasteiger partial charge in [0.2, 0.25) is 0 Å². The third kappa shape index (κ3) is 5.34. The average molecular weight is 429 g/mol. The standard InChI is InChI=1S/C24H20N4O2S/c1-30-21-9-5-6-17(14-21)15-25-28-23(29)19-12-10-18(11-13-19)22-16-31-24(27-22)26-20-7-3-2-4-8-20/h2-16H,1H3,(H,26,27)(H,28,29)/b25-15-. The number of hydrogen-bond donors (Lipinski definition) is 2. The number of methoxy groups -OCH3 is 1. The molecule has 1 heterocycles. The minimum atomic E-state index is -0.282. The fraction of sp³-hybridized carbons (Fsp3) is 0.0417. The Morgan fingerprint density at radius 1 is 1.03 bits per heavy atom. The normalized spacial score (nSPS) is 10.7. The molecule has 7 heteroatoms. The van der Waals surface area contributed by atoms with Crippen LogP contribution in [0.15, 0.2) is 89.3 Å². The van der Waals surface area contributed by atoms with E-state index in [1.165, 1.54) is 11.3 Å². The Kier molecular flexibility index (Phi) is 6.35. The third-order valence-electron chi connectivity index (χ3n) is 4.45. The van der Waals surface area contributed by atoms with Crippen LogP contribution in [0.3, 0.4) is 0 Å². The SMILES string of the molecule is COc1cccc(/C=N\NC(=O)c2ccc(-c3csc(Nc4ccccc4)n3)cc2)c1. The molecular formula is C24H20N4O2S. The second kappa shape index (κ2) is 9.69. The average Bonchev–Trinajstić information content (AvgIpc) is 3.28. The van der Waals surface area contributed by atoms with Crippen molar-refractivity contribution >= 4 is 34.3 Å². The summed E-state index contributed by atoms with van der Waals surface area (Å²) in [5, 5.41) is 10.1. The third-order valence-corrected chi connectivity index (χ3v) is 5.20. The van der Waals surface area contributed by atoms with Gasteiger partial charge in [0.25, 0.3) is 5.91 Å². The van der Waals surface area contributed by atoms with E-state index in [0.29, 0.717) is 5.56 Å². The van der Waals surface area contributed by atoms with Crippen molar-refractivity contribution in [1.82, 2.24) is 10.4 Å². The fourth-order valence-corrected chi connectivity index (χ4v) is 3.59. The summed E-state index contributed by atoms with van der Waals surface area (Å²) >= 11 is 1.53. The summed E-state index contributed by atoms with van der Waals surface area (Å²) < 4.78 is 5.17. The second-order valence-electron chi connectivity index (χ2n) is 6.58. The van der Waals surface area contributed by atoms with E-state index < -0.39 is 0 Å². The molecule has 1 amide bonds. The summed E-state index contributed by atoms with van der Waals surface area (Å²) in [5.41, 5.74) is 6.67. The largest absolute Gasteiger partial charge is 0.497 e. The van der Waals surface area contributed by atoms with Crippen molar-refractivity contribution in [3.63, 3.8) is 0 Å². The van der Waals surface area contributed by atoms with Gasteiger partial charge in [0.15, 0.2) is 5.13 Å². The highest BCUT2D eigenvalue weighted by molar-refractivity contribution is 7.14. The number of nitrogens with one attached hydrogen (secondary N) is 2. The van der Waals surface area contributed by atoms with Gasteiger partial charge in [-0.3, -0.25) is 4.79 Å². The number of carbonyl (C=O) groups is 1. The van der Waals surface area contributed by atoms with Gasteiger partial charge in [0.05, 0.1) is 19.0 Å². The zero-order valence-electron chi connectivity index (χ0n) is 16.8. The Balaban J connectivity index is 1.37. The molecular weight excluding hydrogens is 408 g/mol. The van der Waals surface area contributed by atoms with Gasteiger partial charge in [-0.1, -0.05) is 42.5 Å². The molecule has 0 aliphatic heterocycles. The number of amides is 1. The molecule has 4 rings (SSSR count). The Bertz CT molecular complexity index is 1190. The number of para-hydroxylation sites is 1. The van der Waals surface area contributed by atoms with Crippen molar-refractivity contribution in [1.29, 1.82) is 0 Å². The number of carbonyl (C=O) groups excluding carboxylic acids is 1. The predicted molar refractivity (Wildman–Crippen MR) is 125 cm³/mol. The number of hydrogen-bond acceptors (Lipinski definition) is 6. The quantitative estimate of drug-likeness (QED) is 0.308. The molecule has 6 nitrogen and oxygen atoms in total. The van der Waals surface area contributed by atoms with E-state index in [9.17, 15) is 4.79 Å². The number of aromatic nitrogens is 1. The van der Waals surface area contributed by atoms with Crippen molar-refractivity contribution < 1.29 is 9.53 Å². The van der Waals surface area contributed by atoms with Gasteiger partial charge in [-0.15, -0.1) is 11.3 Å². The molecule has 2 N–H and O–H groups in total. The van der Waals surface area contributed by atoms with Crippen LogP contribution >= 0.6 is 11.3 Å². The molecule has 31 heavy (non-hydrogen) atoms. The van der Waals surface area contributed by atoms with E-state index in [2.05, 4.69) is 20.8 Å². The first-order valence-electron chi connectivity index (χ1n) is 9.57. The van der Waals surface area contributed by atoms with E-state index in [1.54, 1.807) is 25.5 Å². The molecule has 0 saturated heterocycles. The minimum Gasteiger partial charge on any atom is -0.497 e. The van der Waals surface area contributed by atoms with E-state index in [-0.39, 0.29) is 5.91 Å². The van der Waals surface area contributed by atoms with Crippen LogP contribution in [0.25, 0.3) is 11.3 Å². The molecule has 0 saturated carbocycles. The summed E-state index contributed by atoms with van der Waals surface area (Å²) in [6, 6.07) is 24.6. The van der Waals surface area contributed by atoms with E-state index in [1.807, 2.05) is 72.1 Å². The van der Waals surface area contributed by atoms with Gasteiger partial charge in [0.1, 0.15) is 5.75 Å². The Labute approximate surface area is 184 Å². The fourth-order valence-electron chi connectivity index (χ4n) is 2.85. The monoisotopic (exact) mass is 428 g/mol. The van der Waals surface area contributed by atoms with Gasteiger partial charge in [-0.2, -0.15) is 5.10 Å². The number of thiazole rings is 1. The van der Waals surface area contributed by atoms with E-state index in [0.717, 1.165) is 33.4 Å². The van der Waals surface area contributed by atoms with Crippen LogP contribution in [0.1, 0.15) is 15.9 Å². The number of ether oxygens (including phenoxy) is 1. The van der Waals surface area contributed by atoms with Crippen LogP contribution < -0.4 is 15.5 Å². The van der Waals surface area contributed by atoms with Gasteiger partial charge in [-0.25, -0.2) is 10.4 Å². The summed E-state index contributed by atoms with van der Waals surface area (Å²) in [6.45, 7) is 0. The van der Waals surface area contributed by atoms with Crippen LogP contribution in [0.2, 0.25) is 0 Å². The number of anilines is 2. The first-order valence-corrected chi connectivity index (χ1v) is 10.4. The predicted octanol–water partition coefficient (Wildman–Crippen LogP) is 5.33. The van der Waals surface area contributed by atoms with Gasteiger partial charge in [0, 0.05) is 22.2 Å². The highest BCUT2D eigenvalue weighted by Crippen LogP contribution is 2.27. The lowest BCUT2D eigenvalue weighted by atomic mass is 10.1. The summed E-state index contributed by atoms with van der Waals surface area (Å²) in [6.07, 6.45) is 1.57. The molecule has 0 aliphatic rings. The van der Waals surface area contributed by atoms with Gasteiger partial charge in [-0.05, 0) is 42.0 Å². The first-order chi connectivity index (χ1) is 15.2. The van der Waals surface area contributed by atoms with Crippen LogP contribution in [0.5, 0.6) is 5.75 Å². The summed E-state index contributed by atoms with van der Waals surface area (Å²) in [7, 11) is 1.61. The minimum absolute atomic E-state index is 0.282. The van der Waals surface area contributed by atoms with E-state index in [4.69, 9.17) is 4.74 Å². The Morgan fingerprint density at radius 2 is 1.84 bits per heavy atom. The van der Waals surface area contributed by atoms with Crippen molar-refractivity contribution in [2.45, 2.75) is 0 Å². The molecule has 154 valence electrons. The zero-order chi connectivity index (χ0) is 21.5. The summed E-state index contributed by atoms with van der Waals surface area (Å²) in [5.74, 6) is 0.449. The number of hydrazone groups is 1. The van der Waals surface area contributed by atoms with Crippen LogP contribution in [-0.4, -0.2) is 24.2 Å². The molecule has 0 fully saturated rings. The van der Waals surface area contributed by atoms with Crippen molar-refractivity contribution in [2.75, 3.05) is 12.4 Å². The smallest absolute Gasteiger partial charge is 0.271 e. The summed E-state index contributed by atoms with van der Waals surface area (Å²) in [4.78, 5) is 17.0. The lowest BCUT2D eigenvalue weighted by Gasteiger charge is -2.03. The van der Waals surface area contributed by atoms with Crippen molar-refractivity contribution in [3.8, 4) is 17.0 Å². The molecule has 0 unspecified atom stereocenters. The lowest BCUT2D eigenvalue weighted by Crippen LogP contribution is -2.17. The van der Waals surface area contributed by atoms with Crippen molar-refractivity contribution in [3.05, 3.63) is 95.4 Å². The molecule has 0 aliphatic carbocycles. The number of benzene rings is 3. The Hall–Kier alpha value is -3.97.